The number of aromatic carboxylic acids is 1. The number of hydrogen-bond donors (Lipinski definition) is 1. The van der Waals surface area contributed by atoms with Crippen LogP contribution in [0, 0.1) is 0 Å². The van der Waals surface area contributed by atoms with Crippen LogP contribution in [0.4, 0.5) is 0 Å². The van der Waals surface area contributed by atoms with Crippen LogP contribution in [0.3, 0.4) is 0 Å². The molecule has 1 N–H and O–H groups in total. The zero-order valence-corrected chi connectivity index (χ0v) is 9.94. The minimum Gasteiger partial charge on any atom is -0.478 e. The van der Waals surface area contributed by atoms with Crippen molar-refractivity contribution in [3.8, 4) is 11.1 Å². The Hall–Kier alpha value is -2.14. The predicted octanol–water partition coefficient (Wildman–Crippen LogP) is 2.20. The molecular weight excluding hydrogens is 252 g/mol. The van der Waals surface area contributed by atoms with Crippen molar-refractivity contribution in [2.75, 3.05) is 0 Å². The van der Waals surface area contributed by atoms with Crippen LogP contribution in [0.25, 0.3) is 11.1 Å². The molecule has 0 aromatic heterocycles. The fourth-order valence-electron chi connectivity index (χ4n) is 2.15. The fraction of sp³-hybridized carbons (Fsp3) is 0. The Labute approximate surface area is 103 Å². The van der Waals surface area contributed by atoms with Crippen molar-refractivity contribution < 1.29 is 18.3 Å². The van der Waals surface area contributed by atoms with Crippen molar-refractivity contribution in [2.45, 2.75) is 9.79 Å². The van der Waals surface area contributed by atoms with Gasteiger partial charge in [-0.05, 0) is 24.3 Å². The molecule has 1 heterocycles. The smallest absolute Gasteiger partial charge is 0.335 e. The zero-order chi connectivity index (χ0) is 12.9. The molecule has 0 unspecified atom stereocenters. The third-order valence-electron chi connectivity index (χ3n) is 2.98. The van der Waals surface area contributed by atoms with Crippen LogP contribution in [0.15, 0.2) is 52.3 Å². The third kappa shape index (κ3) is 1.31. The number of fused-ring (bicyclic) bond motifs is 3. The largest absolute Gasteiger partial charge is 0.478 e. The van der Waals surface area contributed by atoms with Crippen molar-refractivity contribution in [2.24, 2.45) is 0 Å². The Morgan fingerprint density at radius 2 is 1.61 bits per heavy atom. The number of rotatable bonds is 1. The Kier molecular flexibility index (Phi) is 2.09. The quantitative estimate of drug-likeness (QED) is 0.728. The summed E-state index contributed by atoms with van der Waals surface area (Å²) in [5, 5.41) is 8.94. The molecule has 4 nitrogen and oxygen atoms in total. The van der Waals surface area contributed by atoms with Gasteiger partial charge < -0.3 is 5.11 Å². The summed E-state index contributed by atoms with van der Waals surface area (Å²) in [5.74, 6) is -1.07. The average molecular weight is 260 g/mol. The molecule has 3 rings (SSSR count). The number of carboxylic acid groups (broad SMARTS) is 1. The highest BCUT2D eigenvalue weighted by Gasteiger charge is 2.32. The van der Waals surface area contributed by atoms with Crippen molar-refractivity contribution in [3.63, 3.8) is 0 Å². The first-order valence-corrected chi connectivity index (χ1v) is 6.72. The molecule has 0 spiro atoms. The summed E-state index contributed by atoms with van der Waals surface area (Å²) >= 11 is 0. The van der Waals surface area contributed by atoms with E-state index in [1.54, 1.807) is 18.2 Å². The van der Waals surface area contributed by atoms with E-state index < -0.39 is 15.8 Å². The van der Waals surface area contributed by atoms with E-state index in [-0.39, 0.29) is 15.4 Å². The van der Waals surface area contributed by atoms with Gasteiger partial charge in [0, 0.05) is 11.1 Å². The lowest BCUT2D eigenvalue weighted by Crippen LogP contribution is -1.99. The highest BCUT2D eigenvalue weighted by atomic mass is 32.2. The van der Waals surface area contributed by atoms with E-state index in [1.807, 2.05) is 0 Å². The molecule has 5 heteroatoms. The summed E-state index contributed by atoms with van der Waals surface area (Å²) in [5.41, 5.74) is 1.11. The lowest BCUT2D eigenvalue weighted by molar-refractivity contribution is 0.0697. The van der Waals surface area contributed by atoms with Gasteiger partial charge in [0.15, 0.2) is 0 Å². The summed E-state index contributed by atoms with van der Waals surface area (Å²) in [6, 6.07) is 10.7. The van der Waals surface area contributed by atoms with Gasteiger partial charge in [0.2, 0.25) is 9.84 Å². The van der Waals surface area contributed by atoms with Gasteiger partial charge >= 0.3 is 5.97 Å². The number of sulfone groups is 1. The van der Waals surface area contributed by atoms with E-state index in [2.05, 4.69) is 0 Å². The molecule has 0 saturated carbocycles. The molecule has 0 atom stereocenters. The maximum Gasteiger partial charge on any atom is 0.335 e. The van der Waals surface area contributed by atoms with E-state index in [4.69, 9.17) is 5.11 Å². The minimum atomic E-state index is -3.50. The van der Waals surface area contributed by atoms with Gasteiger partial charge in [0.1, 0.15) is 0 Å². The van der Waals surface area contributed by atoms with E-state index >= 15 is 0 Å². The first kappa shape index (κ1) is 11.0. The molecule has 0 saturated heterocycles. The highest BCUT2D eigenvalue weighted by Crippen LogP contribution is 2.43. The Morgan fingerprint density at radius 1 is 0.944 bits per heavy atom. The second-order valence-electron chi connectivity index (χ2n) is 4.02. The molecule has 0 bridgehead atoms. The standard InChI is InChI=1S/C13H8O4S/c14-13(15)8-5-6-12-10(7-8)9-3-1-2-4-11(9)18(12,16)17/h1-7H,(H,14,15). The lowest BCUT2D eigenvalue weighted by Gasteiger charge is -2.00. The molecule has 18 heavy (non-hydrogen) atoms. The molecule has 0 aliphatic carbocycles. The molecule has 1 aliphatic heterocycles. The number of hydrogen-bond acceptors (Lipinski definition) is 3. The topological polar surface area (TPSA) is 71.4 Å². The maximum absolute atomic E-state index is 12.2. The average Bonchev–Trinajstić information content (AvgIpc) is 2.59. The first-order chi connectivity index (χ1) is 8.51. The van der Waals surface area contributed by atoms with Crippen LogP contribution in [-0.4, -0.2) is 19.5 Å². The minimum absolute atomic E-state index is 0.0839. The van der Waals surface area contributed by atoms with Gasteiger partial charge in [-0.25, -0.2) is 13.2 Å². The number of carboxylic acids is 1. The van der Waals surface area contributed by atoms with E-state index in [0.29, 0.717) is 11.1 Å². The summed E-state index contributed by atoms with van der Waals surface area (Å²) in [4.78, 5) is 11.3. The summed E-state index contributed by atoms with van der Waals surface area (Å²) in [6.45, 7) is 0. The van der Waals surface area contributed by atoms with E-state index in [1.165, 1.54) is 24.3 Å². The fourth-order valence-corrected chi connectivity index (χ4v) is 3.82. The molecule has 2 aromatic carbocycles. The Bertz CT molecular complexity index is 775. The van der Waals surface area contributed by atoms with Crippen LogP contribution in [-0.2, 0) is 9.84 Å². The molecule has 0 amide bonds. The Balaban J connectivity index is 2.40. The van der Waals surface area contributed by atoms with Gasteiger partial charge in [0.05, 0.1) is 15.4 Å². The maximum atomic E-state index is 12.2. The normalized spacial score (nSPS) is 14.9. The van der Waals surface area contributed by atoms with Crippen LogP contribution >= 0.6 is 0 Å². The molecule has 1 aliphatic rings. The first-order valence-electron chi connectivity index (χ1n) is 5.23. The van der Waals surface area contributed by atoms with Gasteiger partial charge in [-0.15, -0.1) is 0 Å². The van der Waals surface area contributed by atoms with Crippen LogP contribution in [0.1, 0.15) is 10.4 Å². The zero-order valence-electron chi connectivity index (χ0n) is 9.12. The molecule has 2 aromatic rings. The second-order valence-corrected chi connectivity index (χ2v) is 5.90. The molecule has 90 valence electrons. The summed E-state index contributed by atoms with van der Waals surface area (Å²) < 4.78 is 24.4. The van der Waals surface area contributed by atoms with Crippen LogP contribution in [0.2, 0.25) is 0 Å². The predicted molar refractivity (Wildman–Crippen MR) is 64.3 cm³/mol. The van der Waals surface area contributed by atoms with Crippen LogP contribution in [0.5, 0.6) is 0 Å². The van der Waals surface area contributed by atoms with Crippen LogP contribution < -0.4 is 0 Å². The number of benzene rings is 2. The van der Waals surface area contributed by atoms with Gasteiger partial charge in [-0.1, -0.05) is 18.2 Å². The molecule has 0 fully saturated rings. The lowest BCUT2D eigenvalue weighted by atomic mass is 10.0. The third-order valence-corrected chi connectivity index (χ3v) is 4.85. The van der Waals surface area contributed by atoms with E-state index in [0.717, 1.165) is 0 Å². The Morgan fingerprint density at radius 3 is 2.33 bits per heavy atom. The van der Waals surface area contributed by atoms with Crippen molar-refractivity contribution >= 4 is 15.8 Å². The van der Waals surface area contributed by atoms with Crippen molar-refractivity contribution in [1.82, 2.24) is 0 Å². The highest BCUT2D eigenvalue weighted by molar-refractivity contribution is 7.92. The summed E-state index contributed by atoms with van der Waals surface area (Å²) in [6.07, 6.45) is 0. The molecule has 0 radical (unpaired) electrons. The van der Waals surface area contributed by atoms with Crippen molar-refractivity contribution in [3.05, 3.63) is 48.0 Å². The van der Waals surface area contributed by atoms with Gasteiger partial charge in [0.25, 0.3) is 0 Å². The van der Waals surface area contributed by atoms with E-state index in [9.17, 15) is 13.2 Å². The van der Waals surface area contributed by atoms with Gasteiger partial charge in [-0.3, -0.25) is 0 Å². The summed E-state index contributed by atoms with van der Waals surface area (Å²) in [7, 11) is -3.50. The monoisotopic (exact) mass is 260 g/mol. The van der Waals surface area contributed by atoms with Gasteiger partial charge in [-0.2, -0.15) is 0 Å². The number of carbonyl (C=O) groups is 1. The molecular formula is C13H8O4S. The SMILES string of the molecule is O=C(O)c1ccc2c(c1)-c1ccccc1S2(=O)=O. The van der Waals surface area contributed by atoms with Crippen molar-refractivity contribution in [1.29, 1.82) is 0 Å². The second kappa shape index (κ2) is 3.43.